The molecule has 1 fully saturated rings. The smallest absolute Gasteiger partial charge is 0.256 e. The van der Waals surface area contributed by atoms with E-state index < -0.39 is 0 Å². The quantitative estimate of drug-likeness (QED) is 0.437. The maximum absolute atomic E-state index is 12.8. The van der Waals surface area contributed by atoms with Crippen LogP contribution < -0.4 is 25.4 Å². The SMILES string of the molecule is COc1c(Cl)cccc1NC(=S)C1=C(NCc2ccncc2OCC2CCCN2C)CCNC1=O. The Morgan fingerprint density at radius 1 is 1.37 bits per heavy atom. The van der Waals surface area contributed by atoms with Crippen molar-refractivity contribution in [3.8, 4) is 11.5 Å². The number of aromatic nitrogens is 1. The van der Waals surface area contributed by atoms with Gasteiger partial charge in [-0.2, -0.15) is 0 Å². The highest BCUT2D eigenvalue weighted by Gasteiger charge is 2.25. The van der Waals surface area contributed by atoms with Crippen LogP contribution in [0.2, 0.25) is 5.02 Å². The third-order valence-electron chi connectivity index (χ3n) is 6.30. The van der Waals surface area contributed by atoms with Crippen LogP contribution in [0.5, 0.6) is 11.5 Å². The summed E-state index contributed by atoms with van der Waals surface area (Å²) in [5.41, 5.74) is 2.73. The van der Waals surface area contributed by atoms with E-state index in [-0.39, 0.29) is 5.91 Å². The van der Waals surface area contributed by atoms with Crippen molar-refractivity contribution in [2.24, 2.45) is 0 Å². The summed E-state index contributed by atoms with van der Waals surface area (Å²) < 4.78 is 11.5. The molecular weight excluding hydrogens is 486 g/mol. The van der Waals surface area contributed by atoms with E-state index in [2.05, 4.69) is 32.9 Å². The van der Waals surface area contributed by atoms with Gasteiger partial charge in [0, 0.05) is 43.0 Å². The van der Waals surface area contributed by atoms with Crippen molar-refractivity contribution >= 4 is 40.4 Å². The third kappa shape index (κ3) is 6.04. The van der Waals surface area contributed by atoms with Crippen LogP contribution in [0.1, 0.15) is 24.8 Å². The molecule has 0 bridgehead atoms. The van der Waals surface area contributed by atoms with Crippen molar-refractivity contribution in [3.05, 3.63) is 58.5 Å². The number of anilines is 1. The molecule has 1 atom stereocenters. The summed E-state index contributed by atoms with van der Waals surface area (Å²) in [6.45, 7) is 2.74. The van der Waals surface area contributed by atoms with Crippen LogP contribution in [0.15, 0.2) is 47.9 Å². The van der Waals surface area contributed by atoms with Gasteiger partial charge in [0.25, 0.3) is 5.91 Å². The molecule has 0 radical (unpaired) electrons. The number of likely N-dealkylation sites (N-methyl/N-ethyl adjacent to an activating group) is 1. The van der Waals surface area contributed by atoms with Crippen LogP contribution in [-0.2, 0) is 11.3 Å². The number of methoxy groups -OCH3 is 1. The molecule has 4 rings (SSSR count). The highest BCUT2D eigenvalue weighted by Crippen LogP contribution is 2.33. The lowest BCUT2D eigenvalue weighted by Crippen LogP contribution is -2.39. The fourth-order valence-corrected chi connectivity index (χ4v) is 4.91. The second kappa shape index (κ2) is 11.7. The Labute approximate surface area is 216 Å². The van der Waals surface area contributed by atoms with E-state index in [0.29, 0.717) is 59.2 Å². The molecule has 186 valence electrons. The number of carbonyl (C=O) groups is 1. The average molecular weight is 516 g/mol. The Bertz CT molecular complexity index is 1130. The molecule has 2 aliphatic rings. The summed E-state index contributed by atoms with van der Waals surface area (Å²) in [7, 11) is 3.67. The van der Waals surface area contributed by atoms with Gasteiger partial charge in [-0.25, -0.2) is 0 Å². The molecule has 0 aliphatic carbocycles. The lowest BCUT2D eigenvalue weighted by molar-refractivity contribution is -0.117. The van der Waals surface area contributed by atoms with Crippen LogP contribution in [-0.4, -0.2) is 60.7 Å². The average Bonchev–Trinajstić information content (AvgIpc) is 3.26. The monoisotopic (exact) mass is 515 g/mol. The Balaban J connectivity index is 1.49. The molecule has 3 heterocycles. The van der Waals surface area contributed by atoms with E-state index in [1.165, 1.54) is 13.5 Å². The molecule has 0 spiro atoms. The number of benzene rings is 1. The number of rotatable bonds is 9. The fraction of sp³-hybridized carbons (Fsp3) is 0.400. The van der Waals surface area contributed by atoms with Gasteiger partial charge in [0.05, 0.1) is 29.6 Å². The van der Waals surface area contributed by atoms with Crippen LogP contribution >= 0.6 is 23.8 Å². The van der Waals surface area contributed by atoms with Gasteiger partial charge in [0.1, 0.15) is 17.3 Å². The molecule has 1 aromatic carbocycles. The van der Waals surface area contributed by atoms with Gasteiger partial charge in [-0.15, -0.1) is 0 Å². The number of nitrogens with one attached hydrogen (secondary N) is 3. The zero-order valence-corrected chi connectivity index (χ0v) is 21.5. The molecule has 3 N–H and O–H groups in total. The summed E-state index contributed by atoms with van der Waals surface area (Å²) in [5.74, 6) is 0.981. The number of para-hydroxylation sites is 1. The molecule has 1 unspecified atom stereocenters. The Morgan fingerprint density at radius 3 is 3.00 bits per heavy atom. The molecule has 0 saturated carbocycles. The molecule has 35 heavy (non-hydrogen) atoms. The fourth-order valence-electron chi connectivity index (χ4n) is 4.33. The Hall–Kier alpha value is -2.88. The first-order valence-corrected chi connectivity index (χ1v) is 12.4. The highest BCUT2D eigenvalue weighted by molar-refractivity contribution is 7.81. The zero-order valence-electron chi connectivity index (χ0n) is 19.9. The van der Waals surface area contributed by atoms with Crippen molar-refractivity contribution in [3.63, 3.8) is 0 Å². The Morgan fingerprint density at radius 2 is 2.23 bits per heavy atom. The number of ether oxygens (including phenoxy) is 2. The topological polar surface area (TPSA) is 87.8 Å². The number of nitrogens with zero attached hydrogens (tertiary/aromatic N) is 2. The second-order valence-corrected chi connectivity index (χ2v) is 9.37. The maximum atomic E-state index is 12.8. The lowest BCUT2D eigenvalue weighted by atomic mass is 10.1. The normalized spacial score (nSPS) is 18.3. The van der Waals surface area contributed by atoms with Gasteiger partial charge in [-0.3, -0.25) is 9.78 Å². The van der Waals surface area contributed by atoms with Crippen LogP contribution in [0.4, 0.5) is 5.69 Å². The summed E-state index contributed by atoms with van der Waals surface area (Å²) >= 11 is 11.9. The Kier molecular flexibility index (Phi) is 8.43. The van der Waals surface area contributed by atoms with Crippen molar-refractivity contribution in [1.29, 1.82) is 0 Å². The van der Waals surface area contributed by atoms with E-state index in [9.17, 15) is 4.79 Å². The lowest BCUT2D eigenvalue weighted by Gasteiger charge is -2.24. The van der Waals surface area contributed by atoms with Gasteiger partial charge in [0.15, 0.2) is 5.75 Å². The highest BCUT2D eigenvalue weighted by atomic mass is 35.5. The predicted octanol–water partition coefficient (Wildman–Crippen LogP) is 3.52. The second-order valence-electron chi connectivity index (χ2n) is 8.56. The molecule has 1 aromatic heterocycles. The van der Waals surface area contributed by atoms with Gasteiger partial charge in [-0.05, 0) is 44.6 Å². The van der Waals surface area contributed by atoms with E-state index in [0.717, 1.165) is 30.0 Å². The minimum atomic E-state index is -0.229. The van der Waals surface area contributed by atoms with Crippen molar-refractivity contribution < 1.29 is 14.3 Å². The number of amides is 1. The summed E-state index contributed by atoms with van der Waals surface area (Å²) in [6, 6.07) is 7.66. The van der Waals surface area contributed by atoms with Crippen LogP contribution in [0.3, 0.4) is 0 Å². The number of thiocarbonyl (C=S) groups is 1. The molecule has 1 saturated heterocycles. The standard InChI is InChI=1S/C25H30ClN5O3S/c1-31-12-4-5-17(31)15-34-21-14-27-10-8-16(21)13-29-19-9-11-28-24(32)22(19)25(35)30-20-7-3-6-18(26)23(20)33-2/h3,6-8,10,14,17,29H,4-5,9,11-13,15H2,1-2H3,(H,28,32)(H,30,35). The van der Waals surface area contributed by atoms with Crippen molar-refractivity contribution in [2.45, 2.75) is 31.8 Å². The molecule has 2 aliphatic heterocycles. The number of pyridine rings is 1. The van der Waals surface area contributed by atoms with Crippen molar-refractivity contribution in [2.75, 3.05) is 39.2 Å². The maximum Gasteiger partial charge on any atom is 0.256 e. The summed E-state index contributed by atoms with van der Waals surface area (Å²) in [4.78, 5) is 19.6. The largest absolute Gasteiger partial charge is 0.493 e. The van der Waals surface area contributed by atoms with E-state index in [1.54, 1.807) is 30.6 Å². The van der Waals surface area contributed by atoms with E-state index in [4.69, 9.17) is 33.3 Å². The summed E-state index contributed by atoms with van der Waals surface area (Å²) in [5, 5.41) is 9.87. The first kappa shape index (κ1) is 25.2. The van der Waals surface area contributed by atoms with Gasteiger partial charge in [0.2, 0.25) is 0 Å². The minimum Gasteiger partial charge on any atom is -0.493 e. The molecule has 10 heteroatoms. The van der Waals surface area contributed by atoms with Gasteiger partial charge >= 0.3 is 0 Å². The van der Waals surface area contributed by atoms with Crippen LogP contribution in [0.25, 0.3) is 0 Å². The van der Waals surface area contributed by atoms with Gasteiger partial charge in [-0.1, -0.05) is 29.9 Å². The molecule has 1 amide bonds. The number of hydrogen-bond donors (Lipinski definition) is 3. The van der Waals surface area contributed by atoms with E-state index in [1.807, 2.05) is 6.07 Å². The van der Waals surface area contributed by atoms with Crippen LogP contribution in [0, 0.1) is 0 Å². The molecular formula is C25H30ClN5O3S. The predicted molar refractivity (Wildman–Crippen MR) is 141 cm³/mol. The number of likely N-dealkylation sites (tertiary alicyclic amines) is 1. The first-order chi connectivity index (χ1) is 17.0. The number of carbonyl (C=O) groups excluding carboxylic acids is 1. The minimum absolute atomic E-state index is 0.229. The zero-order chi connectivity index (χ0) is 24.8. The first-order valence-electron chi connectivity index (χ1n) is 11.6. The molecule has 8 nitrogen and oxygen atoms in total. The van der Waals surface area contributed by atoms with E-state index >= 15 is 0 Å². The van der Waals surface area contributed by atoms with Gasteiger partial charge < -0.3 is 30.3 Å². The molecule has 2 aromatic rings. The third-order valence-corrected chi connectivity index (χ3v) is 6.90. The number of halogens is 1. The van der Waals surface area contributed by atoms with Crippen molar-refractivity contribution in [1.82, 2.24) is 20.5 Å². The summed E-state index contributed by atoms with van der Waals surface area (Å²) in [6.07, 6.45) is 6.44. The number of hydrogen-bond acceptors (Lipinski definition) is 7.